The number of amides is 1. The lowest BCUT2D eigenvalue weighted by atomic mass is 9.41. The molecule has 236 valence electrons. The molecule has 1 amide bonds. The van der Waals surface area contributed by atoms with Gasteiger partial charge in [0.15, 0.2) is 0 Å². The maximum atomic E-state index is 12.5. The fourth-order valence-electron chi connectivity index (χ4n) is 10.8. The van der Waals surface area contributed by atoms with E-state index in [2.05, 4.69) is 78.0 Å². The van der Waals surface area contributed by atoms with Gasteiger partial charge in [-0.15, -0.1) is 0 Å². The third-order valence-corrected chi connectivity index (χ3v) is 13.2. The number of ether oxygens (including phenoxy) is 1. The molecule has 0 aromatic heterocycles. The van der Waals surface area contributed by atoms with Crippen molar-refractivity contribution in [2.45, 2.75) is 130 Å². The number of rotatable bonds is 7. The first-order valence-corrected chi connectivity index (χ1v) is 17.2. The van der Waals surface area contributed by atoms with Crippen LogP contribution in [0.1, 0.15) is 117 Å². The fraction of sp³-hybridized carbons (Fsp3) is 0.811. The zero-order chi connectivity index (χ0) is 30.4. The Hall–Kier alpha value is -1.59. The van der Waals surface area contributed by atoms with Crippen molar-refractivity contribution in [3.8, 4) is 0 Å². The summed E-state index contributed by atoms with van der Waals surface area (Å²) in [7, 11) is 0. The Kier molecular flexibility index (Phi) is 9.14. The molecule has 1 aromatic rings. The molecule has 42 heavy (non-hydrogen) atoms. The van der Waals surface area contributed by atoms with E-state index in [1.165, 1.54) is 31.2 Å². The zero-order valence-electron chi connectivity index (χ0n) is 27.5. The first kappa shape index (κ1) is 31.8. The minimum atomic E-state index is -0.338. The molecular weight excluding hydrogens is 522 g/mol. The van der Waals surface area contributed by atoms with E-state index in [1.54, 1.807) is 0 Å². The number of benzene rings is 1. The first-order valence-electron chi connectivity index (χ1n) is 17.2. The number of hydrogen-bond acceptors (Lipinski definition) is 4. The highest BCUT2D eigenvalue weighted by atomic mass is 16.5. The van der Waals surface area contributed by atoms with E-state index in [1.807, 2.05) is 0 Å². The second kappa shape index (κ2) is 12.1. The van der Waals surface area contributed by atoms with Gasteiger partial charge in [0.1, 0.15) is 0 Å². The quantitative estimate of drug-likeness (QED) is 0.306. The summed E-state index contributed by atoms with van der Waals surface area (Å²) in [5, 5.41) is 25.4. The highest BCUT2D eigenvalue weighted by Crippen LogP contribution is 2.69. The molecule has 11 atom stereocenters. The van der Waals surface area contributed by atoms with Gasteiger partial charge in [0, 0.05) is 6.54 Å². The standard InChI is InChI=1S/C37H59NO4/c1-8-27-31-21-26(39)15-18-37(31,7)30-16-19-36(6)28(13-14-29(36)32(30)33(27)40)23(2)17-20-42-34(41)38-22-24-9-11-25(12-10-24)35(3,4)5/h9-12,23,26-33,39-40H,8,13-22H2,1-7H3,(H,38,41)/t23-,26-,27-,28-,29+,30+,31+,32+,33-,36-,37-/m1/s1. The molecule has 0 radical (unpaired) electrons. The number of carbonyl (C=O) groups excluding carboxylic acids is 1. The number of fused-ring (bicyclic) bond motifs is 5. The maximum Gasteiger partial charge on any atom is 0.407 e. The summed E-state index contributed by atoms with van der Waals surface area (Å²) in [5.41, 5.74) is 2.96. The molecule has 0 aliphatic heterocycles. The van der Waals surface area contributed by atoms with Crippen molar-refractivity contribution in [3.63, 3.8) is 0 Å². The Bertz CT molecular complexity index is 1080. The van der Waals surface area contributed by atoms with Crippen molar-refractivity contribution in [2.75, 3.05) is 6.61 Å². The van der Waals surface area contributed by atoms with Gasteiger partial charge in [0.05, 0.1) is 18.8 Å². The van der Waals surface area contributed by atoms with Crippen LogP contribution in [0, 0.1) is 52.3 Å². The summed E-state index contributed by atoms with van der Waals surface area (Å²) in [5.74, 6) is 3.32. The molecular formula is C37H59NO4. The normalized spacial score (nSPS) is 40.4. The van der Waals surface area contributed by atoms with Crippen molar-refractivity contribution in [2.24, 2.45) is 52.3 Å². The van der Waals surface area contributed by atoms with Gasteiger partial charge in [-0.05, 0) is 120 Å². The van der Waals surface area contributed by atoms with Crippen LogP contribution < -0.4 is 5.32 Å². The van der Waals surface area contributed by atoms with Gasteiger partial charge in [-0.3, -0.25) is 0 Å². The molecule has 4 aliphatic rings. The Morgan fingerprint density at radius 2 is 1.67 bits per heavy atom. The van der Waals surface area contributed by atoms with Crippen LogP contribution in [0.4, 0.5) is 4.79 Å². The van der Waals surface area contributed by atoms with E-state index in [0.29, 0.717) is 54.6 Å². The Morgan fingerprint density at radius 1 is 1.00 bits per heavy atom. The van der Waals surface area contributed by atoms with Crippen LogP contribution in [0.3, 0.4) is 0 Å². The van der Waals surface area contributed by atoms with E-state index >= 15 is 0 Å². The molecule has 0 heterocycles. The van der Waals surface area contributed by atoms with E-state index < -0.39 is 0 Å². The minimum absolute atomic E-state index is 0.118. The van der Waals surface area contributed by atoms with Crippen LogP contribution in [0.15, 0.2) is 24.3 Å². The minimum Gasteiger partial charge on any atom is -0.450 e. The molecule has 4 aliphatic carbocycles. The lowest BCUT2D eigenvalue weighted by Crippen LogP contribution is -2.62. The molecule has 1 aromatic carbocycles. The average Bonchev–Trinajstić information content (AvgIpc) is 3.30. The molecule has 0 bridgehead atoms. The summed E-state index contributed by atoms with van der Waals surface area (Å²) >= 11 is 0. The molecule has 0 unspecified atom stereocenters. The Balaban J connectivity index is 1.16. The van der Waals surface area contributed by atoms with Crippen molar-refractivity contribution in [1.82, 2.24) is 5.32 Å². The summed E-state index contributed by atoms with van der Waals surface area (Å²) in [6, 6.07) is 8.44. The van der Waals surface area contributed by atoms with Gasteiger partial charge in [-0.2, -0.15) is 0 Å². The predicted molar refractivity (Wildman–Crippen MR) is 169 cm³/mol. The van der Waals surface area contributed by atoms with Crippen LogP contribution >= 0.6 is 0 Å². The van der Waals surface area contributed by atoms with E-state index in [0.717, 1.165) is 37.7 Å². The van der Waals surface area contributed by atoms with Crippen LogP contribution in [0.5, 0.6) is 0 Å². The molecule has 0 spiro atoms. The predicted octanol–water partition coefficient (Wildman–Crippen LogP) is 7.86. The van der Waals surface area contributed by atoms with Crippen molar-refractivity contribution in [3.05, 3.63) is 35.4 Å². The summed E-state index contributed by atoms with van der Waals surface area (Å²) in [6.07, 6.45) is 8.84. The highest BCUT2D eigenvalue weighted by Gasteiger charge is 2.64. The topological polar surface area (TPSA) is 78.8 Å². The lowest BCUT2D eigenvalue weighted by molar-refractivity contribution is -0.203. The van der Waals surface area contributed by atoms with Crippen molar-refractivity contribution < 1.29 is 19.7 Å². The number of nitrogens with one attached hydrogen (secondary N) is 1. The summed E-state index contributed by atoms with van der Waals surface area (Å²) < 4.78 is 5.64. The number of aliphatic hydroxyl groups is 2. The van der Waals surface area contributed by atoms with Crippen LogP contribution in [0.2, 0.25) is 0 Å². The SMILES string of the molecule is CC[C@H]1[C@@H](O)[C@@H]2[C@H](CC[C@]3(C)[C@@H]([C@H](C)CCOC(=O)NCc4ccc(C(C)(C)C)cc4)CC[C@@H]23)[C@@]2(C)CC[C@@H](O)C[C@@H]12. The maximum absolute atomic E-state index is 12.5. The number of aliphatic hydroxyl groups excluding tert-OH is 2. The number of alkyl carbamates (subject to hydrolysis) is 1. The third-order valence-electron chi connectivity index (χ3n) is 13.2. The van der Waals surface area contributed by atoms with Gasteiger partial charge in [-0.1, -0.05) is 79.2 Å². The highest BCUT2D eigenvalue weighted by molar-refractivity contribution is 5.67. The second-order valence-corrected chi connectivity index (χ2v) is 16.3. The van der Waals surface area contributed by atoms with E-state index in [-0.39, 0.29) is 34.5 Å². The van der Waals surface area contributed by atoms with Gasteiger partial charge in [0.2, 0.25) is 0 Å². The van der Waals surface area contributed by atoms with Gasteiger partial charge in [0.25, 0.3) is 0 Å². The Labute approximate surface area is 255 Å². The monoisotopic (exact) mass is 581 g/mol. The molecule has 3 N–H and O–H groups in total. The summed E-state index contributed by atoms with van der Waals surface area (Å²) in [6.45, 7) is 17.2. The van der Waals surface area contributed by atoms with Gasteiger partial charge < -0.3 is 20.3 Å². The van der Waals surface area contributed by atoms with Crippen LogP contribution in [-0.4, -0.2) is 35.1 Å². The van der Waals surface area contributed by atoms with Gasteiger partial charge in [-0.25, -0.2) is 4.79 Å². The fourth-order valence-corrected chi connectivity index (χ4v) is 10.8. The summed E-state index contributed by atoms with van der Waals surface area (Å²) in [4.78, 5) is 12.5. The lowest BCUT2D eigenvalue weighted by Gasteiger charge is -2.64. The molecule has 0 saturated heterocycles. The number of carbonyl (C=O) groups is 1. The first-order chi connectivity index (χ1) is 19.8. The molecule has 5 rings (SSSR count). The third kappa shape index (κ3) is 5.78. The second-order valence-electron chi connectivity index (χ2n) is 16.3. The van der Waals surface area contributed by atoms with Crippen LogP contribution in [-0.2, 0) is 16.7 Å². The van der Waals surface area contributed by atoms with Gasteiger partial charge >= 0.3 is 6.09 Å². The smallest absolute Gasteiger partial charge is 0.407 e. The van der Waals surface area contributed by atoms with E-state index in [9.17, 15) is 15.0 Å². The molecule has 5 heteroatoms. The molecule has 5 nitrogen and oxygen atoms in total. The largest absolute Gasteiger partial charge is 0.450 e. The molecule has 4 saturated carbocycles. The van der Waals surface area contributed by atoms with Crippen molar-refractivity contribution >= 4 is 6.09 Å². The van der Waals surface area contributed by atoms with E-state index in [4.69, 9.17) is 4.74 Å². The van der Waals surface area contributed by atoms with Crippen LogP contribution in [0.25, 0.3) is 0 Å². The average molecular weight is 582 g/mol. The Morgan fingerprint density at radius 3 is 2.33 bits per heavy atom. The van der Waals surface area contributed by atoms with Crippen molar-refractivity contribution in [1.29, 1.82) is 0 Å². The zero-order valence-corrected chi connectivity index (χ0v) is 27.5. The molecule has 4 fully saturated rings. The number of hydrogen-bond donors (Lipinski definition) is 3.